The summed E-state index contributed by atoms with van der Waals surface area (Å²) in [5.74, 6) is -1.33. The number of phenols is 1. The third-order valence-corrected chi connectivity index (χ3v) is 12.9. The van der Waals surface area contributed by atoms with Crippen molar-refractivity contribution in [2.24, 2.45) is 5.73 Å². The predicted octanol–water partition coefficient (Wildman–Crippen LogP) is 8.46. The van der Waals surface area contributed by atoms with Crippen LogP contribution in [0, 0.1) is 6.92 Å². The standard InChI is InChI=1S/C44H45ClN2O5S/c1-4-6-22-36-40(41(48)39(43(46)49)30(3)42(36)53(50,51)38(5-2)47-25-27-52-28-26-47)35-24-23-34(29-37(35)45)44(31-16-10-7-11-17-31,32-18-12-8-13-19-32)33-20-14-9-15-21-33/h5,7-21,23-24,29,38,48H,2,4,6,22,25-28H2,1,3H3,(H2,46,49). The second-order valence-electron chi connectivity index (χ2n) is 13.4. The maximum absolute atomic E-state index is 14.9. The SMILES string of the molecule is C=CC(N1CCOCC1)S(=O)(=O)c1c(C)c(C(N)=O)c(O)c(-c2ccc(C(c3ccccc3)(c3ccccc3)c3ccccc3)cc2Cl)c1CCCC. The van der Waals surface area contributed by atoms with Crippen LogP contribution in [0.15, 0.2) is 127 Å². The minimum Gasteiger partial charge on any atom is -0.506 e. The molecule has 5 aromatic rings. The Kier molecular flexibility index (Phi) is 11.5. The number of carbonyl (C=O) groups excluding carboxylic acids is 1. The number of halogens is 1. The van der Waals surface area contributed by atoms with Gasteiger partial charge in [-0.1, -0.05) is 134 Å². The number of nitrogens with zero attached hydrogens (tertiary/aromatic N) is 1. The molecular weight excluding hydrogens is 704 g/mol. The number of morpholine rings is 1. The number of rotatable bonds is 13. The van der Waals surface area contributed by atoms with E-state index in [9.17, 15) is 18.3 Å². The predicted molar refractivity (Wildman–Crippen MR) is 212 cm³/mol. The molecule has 3 N–H and O–H groups in total. The molecule has 0 aliphatic carbocycles. The molecule has 1 aliphatic rings. The molecule has 0 saturated carbocycles. The van der Waals surface area contributed by atoms with Gasteiger partial charge in [0.2, 0.25) is 0 Å². The smallest absolute Gasteiger partial charge is 0.252 e. The van der Waals surface area contributed by atoms with Gasteiger partial charge in [-0.05, 0) is 59.2 Å². The maximum atomic E-state index is 14.9. The largest absolute Gasteiger partial charge is 0.506 e. The number of ether oxygens (including phenoxy) is 1. The number of hydrogen-bond acceptors (Lipinski definition) is 6. The Morgan fingerprint density at radius 1 is 0.925 bits per heavy atom. The fraction of sp³-hybridized carbons (Fsp3) is 0.250. The molecule has 0 radical (unpaired) electrons. The van der Waals surface area contributed by atoms with Crippen molar-refractivity contribution in [3.8, 4) is 16.9 Å². The molecule has 6 rings (SSSR count). The molecule has 9 heteroatoms. The van der Waals surface area contributed by atoms with Crippen LogP contribution in [-0.2, 0) is 26.4 Å². The Morgan fingerprint density at radius 2 is 1.45 bits per heavy atom. The molecule has 1 unspecified atom stereocenters. The number of carbonyl (C=O) groups is 1. The number of hydrogen-bond donors (Lipinski definition) is 2. The Balaban J connectivity index is 1.66. The second kappa shape index (κ2) is 16.1. The number of unbranched alkanes of at least 4 members (excludes halogenated alkanes) is 1. The summed E-state index contributed by atoms with van der Waals surface area (Å²) in [4.78, 5) is 14.9. The van der Waals surface area contributed by atoms with Crippen LogP contribution < -0.4 is 5.73 Å². The topological polar surface area (TPSA) is 110 Å². The lowest BCUT2D eigenvalue weighted by Crippen LogP contribution is -2.46. The van der Waals surface area contributed by atoms with E-state index < -0.39 is 32.3 Å². The van der Waals surface area contributed by atoms with Crippen LogP contribution in [0.3, 0.4) is 0 Å². The second-order valence-corrected chi connectivity index (χ2v) is 15.7. The molecule has 1 fully saturated rings. The molecule has 5 aromatic carbocycles. The van der Waals surface area contributed by atoms with Crippen LogP contribution in [0.1, 0.15) is 63.5 Å². The molecule has 0 spiro atoms. The first-order valence-corrected chi connectivity index (χ1v) is 19.8. The lowest BCUT2D eigenvalue weighted by molar-refractivity contribution is 0.0374. The van der Waals surface area contributed by atoms with Gasteiger partial charge < -0.3 is 15.6 Å². The van der Waals surface area contributed by atoms with Crippen LogP contribution in [0.5, 0.6) is 5.75 Å². The molecule has 0 aromatic heterocycles. The van der Waals surface area contributed by atoms with Gasteiger partial charge in [0, 0.05) is 29.2 Å². The van der Waals surface area contributed by atoms with Gasteiger partial charge in [-0.2, -0.15) is 0 Å². The number of sulfone groups is 1. The first-order chi connectivity index (χ1) is 25.6. The van der Waals surface area contributed by atoms with Gasteiger partial charge in [0.15, 0.2) is 9.84 Å². The van der Waals surface area contributed by atoms with Crippen LogP contribution in [0.25, 0.3) is 11.1 Å². The molecule has 53 heavy (non-hydrogen) atoms. The highest BCUT2D eigenvalue weighted by Crippen LogP contribution is 2.50. The van der Waals surface area contributed by atoms with Gasteiger partial charge in [-0.3, -0.25) is 9.69 Å². The fourth-order valence-electron chi connectivity index (χ4n) is 7.91. The molecule has 1 aliphatic heterocycles. The highest BCUT2D eigenvalue weighted by atomic mass is 35.5. The lowest BCUT2D eigenvalue weighted by Gasteiger charge is -2.37. The van der Waals surface area contributed by atoms with Crippen molar-refractivity contribution in [3.05, 3.63) is 166 Å². The highest BCUT2D eigenvalue weighted by molar-refractivity contribution is 7.92. The van der Waals surface area contributed by atoms with Crippen LogP contribution in [-0.4, -0.2) is 56.0 Å². The Morgan fingerprint density at radius 3 is 1.91 bits per heavy atom. The first kappa shape index (κ1) is 38.0. The highest BCUT2D eigenvalue weighted by Gasteiger charge is 2.40. The van der Waals surface area contributed by atoms with Crippen LogP contribution in [0.2, 0.25) is 5.02 Å². The third-order valence-electron chi connectivity index (χ3n) is 10.3. The van der Waals surface area contributed by atoms with Gasteiger partial charge in [-0.25, -0.2) is 8.42 Å². The zero-order valence-corrected chi connectivity index (χ0v) is 31.7. The molecular formula is C44H45ClN2O5S. The molecule has 1 amide bonds. The molecule has 0 bridgehead atoms. The van der Waals surface area contributed by atoms with Gasteiger partial charge in [0.05, 0.1) is 29.1 Å². The average molecular weight is 749 g/mol. The van der Waals surface area contributed by atoms with E-state index in [4.69, 9.17) is 22.1 Å². The molecule has 1 heterocycles. The van der Waals surface area contributed by atoms with E-state index in [2.05, 4.69) is 43.0 Å². The van der Waals surface area contributed by atoms with Crippen molar-refractivity contribution >= 4 is 27.3 Å². The number of amides is 1. The summed E-state index contributed by atoms with van der Waals surface area (Å²) in [5.41, 5.74) is 9.85. The summed E-state index contributed by atoms with van der Waals surface area (Å²) in [7, 11) is -4.21. The zero-order valence-electron chi connectivity index (χ0n) is 30.1. The minimum atomic E-state index is -4.21. The summed E-state index contributed by atoms with van der Waals surface area (Å²) in [6.07, 6.45) is 3.10. The molecule has 7 nitrogen and oxygen atoms in total. The van der Waals surface area contributed by atoms with Gasteiger partial charge in [0.1, 0.15) is 11.1 Å². The summed E-state index contributed by atoms with van der Waals surface area (Å²) < 4.78 is 35.2. The summed E-state index contributed by atoms with van der Waals surface area (Å²) in [5, 5.41) is 11.2. The zero-order chi connectivity index (χ0) is 37.8. The van der Waals surface area contributed by atoms with E-state index in [-0.39, 0.29) is 26.6 Å². The van der Waals surface area contributed by atoms with Gasteiger partial charge in [0.25, 0.3) is 5.91 Å². The van der Waals surface area contributed by atoms with Crippen molar-refractivity contribution in [2.45, 2.75) is 48.8 Å². The van der Waals surface area contributed by atoms with E-state index in [0.29, 0.717) is 50.3 Å². The number of aromatic hydroxyl groups is 1. The molecule has 1 atom stereocenters. The Bertz CT molecular complexity index is 2110. The first-order valence-electron chi connectivity index (χ1n) is 17.9. The van der Waals surface area contributed by atoms with E-state index >= 15 is 0 Å². The summed E-state index contributed by atoms with van der Waals surface area (Å²) in [6, 6.07) is 36.2. The Hall–Kier alpha value is -4.73. The van der Waals surface area contributed by atoms with E-state index in [1.807, 2.05) is 84.6 Å². The normalized spacial score (nSPS) is 14.5. The monoisotopic (exact) mass is 748 g/mol. The number of benzene rings is 5. The van der Waals surface area contributed by atoms with Crippen molar-refractivity contribution in [1.82, 2.24) is 4.90 Å². The summed E-state index contributed by atoms with van der Waals surface area (Å²) in [6.45, 7) is 9.00. The average Bonchev–Trinajstić information content (AvgIpc) is 3.16. The van der Waals surface area contributed by atoms with E-state index in [1.54, 1.807) is 0 Å². The minimum absolute atomic E-state index is 0.0312. The van der Waals surface area contributed by atoms with Gasteiger partial charge in [-0.15, -0.1) is 6.58 Å². The van der Waals surface area contributed by atoms with Crippen molar-refractivity contribution in [2.75, 3.05) is 26.3 Å². The van der Waals surface area contributed by atoms with E-state index in [1.165, 1.54) is 13.0 Å². The van der Waals surface area contributed by atoms with Gasteiger partial charge >= 0.3 is 0 Å². The summed E-state index contributed by atoms with van der Waals surface area (Å²) >= 11 is 7.35. The van der Waals surface area contributed by atoms with Crippen molar-refractivity contribution in [1.29, 1.82) is 0 Å². The Labute approximate surface area is 317 Å². The quantitative estimate of drug-likeness (QED) is 0.0924. The van der Waals surface area contributed by atoms with Crippen LogP contribution >= 0.6 is 11.6 Å². The molecule has 274 valence electrons. The fourth-order valence-corrected chi connectivity index (χ4v) is 10.4. The maximum Gasteiger partial charge on any atom is 0.252 e. The van der Waals surface area contributed by atoms with Crippen molar-refractivity contribution in [3.63, 3.8) is 0 Å². The van der Waals surface area contributed by atoms with E-state index in [0.717, 1.165) is 28.7 Å². The lowest BCUT2D eigenvalue weighted by atomic mass is 9.65. The van der Waals surface area contributed by atoms with Crippen LogP contribution in [0.4, 0.5) is 0 Å². The third kappa shape index (κ3) is 6.93. The number of primary amides is 1. The number of nitrogens with two attached hydrogens (primary N) is 1. The van der Waals surface area contributed by atoms with Crippen molar-refractivity contribution < 1.29 is 23.1 Å². The molecule has 1 saturated heterocycles.